The fourth-order valence-corrected chi connectivity index (χ4v) is 2.22. The zero-order chi connectivity index (χ0) is 15.8. The van der Waals surface area contributed by atoms with Gasteiger partial charge in [-0.2, -0.15) is 0 Å². The molecule has 22 heavy (non-hydrogen) atoms. The van der Waals surface area contributed by atoms with E-state index in [0.717, 1.165) is 35.7 Å². The third kappa shape index (κ3) is 4.63. The van der Waals surface area contributed by atoms with Crippen molar-refractivity contribution >= 4 is 23.0 Å². The fourth-order valence-electron chi connectivity index (χ4n) is 2.00. The summed E-state index contributed by atoms with van der Waals surface area (Å²) in [6, 6.07) is 16.4. The third-order valence-electron chi connectivity index (χ3n) is 3.12. The first kappa shape index (κ1) is 16.1. The number of anilines is 1. The van der Waals surface area contributed by atoms with E-state index in [1.165, 1.54) is 0 Å². The van der Waals surface area contributed by atoms with Crippen LogP contribution in [0.5, 0.6) is 11.5 Å². The summed E-state index contributed by atoms with van der Waals surface area (Å²) in [5, 5.41) is 6.91. The minimum atomic E-state index is 0.603. The molecular formula is C17H19N2O2S. The molecule has 0 amide bonds. The second kappa shape index (κ2) is 8.24. The molecule has 0 spiro atoms. The van der Waals surface area contributed by atoms with Crippen molar-refractivity contribution in [1.82, 2.24) is 5.32 Å². The van der Waals surface area contributed by atoms with E-state index in [2.05, 4.69) is 16.7 Å². The van der Waals surface area contributed by atoms with Gasteiger partial charge < -0.3 is 20.1 Å². The van der Waals surface area contributed by atoms with E-state index >= 15 is 0 Å². The number of hydrogen-bond acceptors (Lipinski definition) is 3. The van der Waals surface area contributed by atoms with Gasteiger partial charge in [0.1, 0.15) is 0 Å². The summed E-state index contributed by atoms with van der Waals surface area (Å²) in [6.45, 7) is 0.736. The second-order valence-corrected chi connectivity index (χ2v) is 5.02. The highest BCUT2D eigenvalue weighted by Crippen LogP contribution is 2.27. The molecule has 1 radical (unpaired) electrons. The van der Waals surface area contributed by atoms with Crippen LogP contribution >= 0.6 is 12.2 Å². The van der Waals surface area contributed by atoms with Crippen LogP contribution in [0.2, 0.25) is 0 Å². The van der Waals surface area contributed by atoms with Gasteiger partial charge in [-0.05, 0) is 54.5 Å². The number of nitrogens with one attached hydrogen (secondary N) is 2. The Labute approximate surface area is 136 Å². The highest BCUT2D eigenvalue weighted by Gasteiger charge is 2.04. The molecule has 2 aromatic rings. The molecule has 0 heterocycles. The number of ether oxygens (including phenoxy) is 2. The lowest BCUT2D eigenvalue weighted by atomic mass is 10.1. The molecule has 2 aromatic carbocycles. The summed E-state index contributed by atoms with van der Waals surface area (Å²) in [4.78, 5) is 0. The Morgan fingerprint density at radius 3 is 2.50 bits per heavy atom. The Hall–Kier alpha value is -2.27. The van der Waals surface area contributed by atoms with E-state index in [9.17, 15) is 0 Å². The predicted octanol–water partition coefficient (Wildman–Crippen LogP) is 3.03. The average molecular weight is 315 g/mol. The van der Waals surface area contributed by atoms with E-state index in [1.54, 1.807) is 14.2 Å². The number of thiocarbonyl (C=S) groups is 1. The van der Waals surface area contributed by atoms with Crippen LogP contribution in [-0.4, -0.2) is 25.9 Å². The lowest BCUT2D eigenvalue weighted by molar-refractivity contribution is 0.354. The molecule has 0 atom stereocenters. The van der Waals surface area contributed by atoms with Crippen molar-refractivity contribution in [1.29, 1.82) is 0 Å². The average Bonchev–Trinajstić information content (AvgIpc) is 2.55. The van der Waals surface area contributed by atoms with Gasteiger partial charge in [-0.15, -0.1) is 0 Å². The highest BCUT2D eigenvalue weighted by molar-refractivity contribution is 7.80. The van der Waals surface area contributed by atoms with Gasteiger partial charge in [0.25, 0.3) is 0 Å². The second-order valence-electron chi connectivity index (χ2n) is 4.61. The molecule has 2 rings (SSSR count). The third-order valence-corrected chi connectivity index (χ3v) is 3.37. The molecule has 2 N–H and O–H groups in total. The van der Waals surface area contributed by atoms with E-state index in [4.69, 9.17) is 21.7 Å². The Balaban J connectivity index is 1.82. The number of benzene rings is 2. The minimum Gasteiger partial charge on any atom is -0.493 e. The molecular weight excluding hydrogens is 296 g/mol. The van der Waals surface area contributed by atoms with Crippen molar-refractivity contribution < 1.29 is 9.47 Å². The zero-order valence-electron chi connectivity index (χ0n) is 12.7. The van der Waals surface area contributed by atoms with Crippen molar-refractivity contribution in [3.05, 3.63) is 54.1 Å². The maximum absolute atomic E-state index is 5.30. The van der Waals surface area contributed by atoms with E-state index in [1.807, 2.05) is 42.5 Å². The Morgan fingerprint density at radius 2 is 1.82 bits per heavy atom. The topological polar surface area (TPSA) is 42.5 Å². The smallest absolute Gasteiger partial charge is 0.170 e. The van der Waals surface area contributed by atoms with Gasteiger partial charge in [0.05, 0.1) is 14.2 Å². The molecule has 0 aliphatic heterocycles. The van der Waals surface area contributed by atoms with Crippen LogP contribution in [0, 0.1) is 6.07 Å². The molecule has 0 aliphatic carbocycles. The van der Waals surface area contributed by atoms with E-state index in [-0.39, 0.29) is 0 Å². The van der Waals surface area contributed by atoms with Crippen LogP contribution in [-0.2, 0) is 6.42 Å². The molecule has 0 fully saturated rings. The van der Waals surface area contributed by atoms with Gasteiger partial charge in [-0.3, -0.25) is 0 Å². The SMILES string of the molecule is COc1ccc(CCNC(=S)Nc2cc[c]cc2)cc1OC. The summed E-state index contributed by atoms with van der Waals surface area (Å²) in [5.41, 5.74) is 2.10. The lowest BCUT2D eigenvalue weighted by Crippen LogP contribution is -2.30. The van der Waals surface area contributed by atoms with Crippen LogP contribution < -0.4 is 20.1 Å². The number of methoxy groups -OCH3 is 2. The first-order valence-electron chi connectivity index (χ1n) is 6.95. The largest absolute Gasteiger partial charge is 0.493 e. The van der Waals surface area contributed by atoms with Crippen molar-refractivity contribution in [2.45, 2.75) is 6.42 Å². The van der Waals surface area contributed by atoms with Crippen LogP contribution in [0.4, 0.5) is 5.69 Å². The monoisotopic (exact) mass is 315 g/mol. The van der Waals surface area contributed by atoms with Crippen molar-refractivity contribution in [2.75, 3.05) is 26.1 Å². The molecule has 0 aliphatic rings. The predicted molar refractivity (Wildman–Crippen MR) is 92.8 cm³/mol. The first-order chi connectivity index (χ1) is 10.7. The Kier molecular flexibility index (Phi) is 6.03. The van der Waals surface area contributed by atoms with Gasteiger partial charge >= 0.3 is 0 Å². The summed E-state index contributed by atoms with van der Waals surface area (Å²) in [5.74, 6) is 1.47. The van der Waals surface area contributed by atoms with E-state index in [0.29, 0.717) is 5.11 Å². The molecule has 0 bridgehead atoms. The first-order valence-corrected chi connectivity index (χ1v) is 7.35. The van der Waals surface area contributed by atoms with Crippen LogP contribution in [0.25, 0.3) is 0 Å². The number of hydrogen-bond donors (Lipinski definition) is 2. The summed E-state index contributed by atoms with van der Waals surface area (Å²) in [6.07, 6.45) is 0.838. The van der Waals surface area contributed by atoms with Gasteiger partial charge in [0.15, 0.2) is 16.6 Å². The molecule has 0 saturated heterocycles. The number of rotatable bonds is 6. The maximum atomic E-state index is 5.30. The molecule has 0 aromatic heterocycles. The van der Waals surface area contributed by atoms with Crippen molar-refractivity contribution in [2.24, 2.45) is 0 Å². The maximum Gasteiger partial charge on any atom is 0.170 e. The molecule has 0 unspecified atom stereocenters. The highest BCUT2D eigenvalue weighted by atomic mass is 32.1. The normalized spacial score (nSPS) is 9.91. The molecule has 5 heteroatoms. The minimum absolute atomic E-state index is 0.603. The molecule has 0 saturated carbocycles. The fraction of sp³-hybridized carbons (Fsp3) is 0.235. The van der Waals surface area contributed by atoms with Gasteiger partial charge in [-0.1, -0.05) is 18.2 Å². The molecule has 115 valence electrons. The summed E-state index contributed by atoms with van der Waals surface area (Å²) < 4.78 is 10.5. The van der Waals surface area contributed by atoms with Gasteiger partial charge in [0, 0.05) is 12.2 Å². The van der Waals surface area contributed by atoms with Gasteiger partial charge in [0.2, 0.25) is 0 Å². The Morgan fingerprint density at radius 1 is 1.09 bits per heavy atom. The summed E-state index contributed by atoms with van der Waals surface area (Å²) >= 11 is 5.26. The van der Waals surface area contributed by atoms with Gasteiger partial charge in [-0.25, -0.2) is 0 Å². The van der Waals surface area contributed by atoms with E-state index < -0.39 is 0 Å². The van der Waals surface area contributed by atoms with Crippen LogP contribution in [0.3, 0.4) is 0 Å². The molecule has 4 nitrogen and oxygen atoms in total. The Bertz CT molecular complexity index is 617. The van der Waals surface area contributed by atoms with Crippen LogP contribution in [0.1, 0.15) is 5.56 Å². The van der Waals surface area contributed by atoms with Crippen molar-refractivity contribution in [3.63, 3.8) is 0 Å². The standard InChI is InChI=1S/C17H19N2O2S/c1-20-15-9-8-13(12-16(15)21-2)10-11-18-17(22)19-14-6-4-3-5-7-14/h4-9,12H,10-11H2,1-2H3,(H2,18,19,22). The summed E-state index contributed by atoms with van der Waals surface area (Å²) in [7, 11) is 3.26. The quantitative estimate of drug-likeness (QED) is 0.802. The zero-order valence-corrected chi connectivity index (χ0v) is 13.5. The van der Waals surface area contributed by atoms with Crippen molar-refractivity contribution in [3.8, 4) is 11.5 Å². The van der Waals surface area contributed by atoms with Crippen LogP contribution in [0.15, 0.2) is 42.5 Å². The lowest BCUT2D eigenvalue weighted by Gasteiger charge is -2.12.